The van der Waals surface area contributed by atoms with E-state index in [-0.39, 0.29) is 33.6 Å². The molecule has 0 heterocycles. The van der Waals surface area contributed by atoms with E-state index in [4.69, 9.17) is 0 Å². The first-order valence-electron chi connectivity index (χ1n) is 6.78. The zero-order valence-corrected chi connectivity index (χ0v) is 15.0. The Kier molecular flexibility index (Phi) is 8.35. The molecule has 25 heavy (non-hydrogen) atoms. The van der Waals surface area contributed by atoms with E-state index in [1.807, 2.05) is 0 Å². The van der Waals surface area contributed by atoms with Crippen molar-refractivity contribution in [1.29, 1.82) is 0 Å². The SMILES string of the molecule is CC(=O)Nc1ccc(S(=O)(=O)C[c-]2[c-][c-][c-][c-]2)cc1.[Fe].[c-]1[c-][c-][cH-][c-]1. The van der Waals surface area contributed by atoms with Crippen molar-refractivity contribution < 1.29 is 30.3 Å². The van der Waals surface area contributed by atoms with Crippen LogP contribution in [0.2, 0.25) is 0 Å². The quantitative estimate of drug-likeness (QED) is 0.550. The molecule has 0 radical (unpaired) electrons. The average Bonchev–Trinajstić information content (AvgIpc) is 3.22. The van der Waals surface area contributed by atoms with Crippen LogP contribution in [0, 0.1) is 48.5 Å². The van der Waals surface area contributed by atoms with Crippen LogP contribution in [0.5, 0.6) is 0 Å². The molecule has 4 nitrogen and oxygen atoms in total. The molecule has 0 spiro atoms. The largest absolute Gasteiger partial charge is 0.999 e. The van der Waals surface area contributed by atoms with E-state index in [1.54, 1.807) is 18.2 Å². The molecule has 0 aromatic heterocycles. The van der Waals surface area contributed by atoms with Gasteiger partial charge in [-0.1, -0.05) is 0 Å². The van der Waals surface area contributed by atoms with Crippen LogP contribution in [0.1, 0.15) is 12.5 Å². The number of amides is 1. The first-order valence-corrected chi connectivity index (χ1v) is 8.43. The summed E-state index contributed by atoms with van der Waals surface area (Å²) in [6.07, 6.45) is 0. The van der Waals surface area contributed by atoms with Crippen LogP contribution in [0.25, 0.3) is 0 Å². The molecule has 0 saturated heterocycles. The van der Waals surface area contributed by atoms with Gasteiger partial charge in [-0.15, -0.1) is 5.75 Å². The molecule has 3 aromatic rings. The molecule has 0 unspecified atom stereocenters. The molecule has 6 heteroatoms. The number of sulfone groups is 1. The topological polar surface area (TPSA) is 63.2 Å². The van der Waals surface area contributed by atoms with Crippen molar-refractivity contribution in [3.05, 3.63) is 84.4 Å². The molecule has 0 aliphatic heterocycles. The molecule has 1 amide bonds. The second kappa shape index (κ2) is 9.99. The minimum atomic E-state index is -3.44. The molecule has 0 bridgehead atoms. The first-order chi connectivity index (χ1) is 11.5. The number of carbonyl (C=O) groups excluding carboxylic acids is 1. The molecule has 0 atom stereocenters. The van der Waals surface area contributed by atoms with E-state index < -0.39 is 9.84 Å². The summed E-state index contributed by atoms with van der Waals surface area (Å²) in [7, 11) is -3.44. The van der Waals surface area contributed by atoms with Crippen molar-refractivity contribution in [2.24, 2.45) is 0 Å². The second-order valence-corrected chi connectivity index (χ2v) is 6.62. The van der Waals surface area contributed by atoms with Gasteiger partial charge in [-0.2, -0.15) is 0 Å². The van der Waals surface area contributed by atoms with E-state index in [2.05, 4.69) is 53.8 Å². The third-order valence-electron chi connectivity index (χ3n) is 2.71. The van der Waals surface area contributed by atoms with Crippen molar-refractivity contribution in [2.75, 3.05) is 5.32 Å². The number of anilines is 1. The Bertz CT molecular complexity index is 820. The Hall–Kier alpha value is -2.14. The van der Waals surface area contributed by atoms with Gasteiger partial charge in [0.2, 0.25) is 5.91 Å². The fourth-order valence-electron chi connectivity index (χ4n) is 1.72. The van der Waals surface area contributed by atoms with E-state index in [9.17, 15) is 13.2 Å². The smallest absolute Gasteiger partial charge is 0.221 e. The standard InChI is InChI=1S/C14H10NO3S.C5H.Fe/c1-11(16)15-13-6-8-14(9-7-13)19(17,18)10-12-4-2-3-5-12;1-2-4-5-3-1;/h6-9H,10H2,1H3,(H,15,16);1H;/q2*-5;. The third kappa shape index (κ3) is 7.09. The van der Waals surface area contributed by atoms with Crippen molar-refractivity contribution in [1.82, 2.24) is 0 Å². The minimum absolute atomic E-state index is 0. The predicted molar refractivity (Wildman–Crippen MR) is 86.4 cm³/mol. The number of rotatable bonds is 4. The summed E-state index contributed by atoms with van der Waals surface area (Å²) in [5.41, 5.74) is 0.963. The Morgan fingerprint density at radius 2 is 1.64 bits per heavy atom. The van der Waals surface area contributed by atoms with Gasteiger partial charge in [0.15, 0.2) is 0 Å². The molecule has 134 valence electrons. The zero-order chi connectivity index (χ0) is 17.4. The van der Waals surface area contributed by atoms with Crippen LogP contribution in [-0.4, -0.2) is 14.3 Å². The number of carbonyl (C=O) groups is 1. The molecule has 3 aromatic carbocycles. The second-order valence-electron chi connectivity index (χ2n) is 4.63. The van der Waals surface area contributed by atoms with Gasteiger partial charge in [0, 0.05) is 29.7 Å². The number of hydrogen-bond acceptors (Lipinski definition) is 3. The molecule has 3 rings (SSSR count). The van der Waals surface area contributed by atoms with Gasteiger partial charge in [-0.25, -0.2) is 8.42 Å². The van der Waals surface area contributed by atoms with Gasteiger partial charge in [-0.3, -0.25) is 4.79 Å². The summed E-state index contributed by atoms with van der Waals surface area (Å²) in [6, 6.07) is 28.3. The van der Waals surface area contributed by atoms with E-state index >= 15 is 0 Å². The molecule has 0 saturated carbocycles. The monoisotopic (exact) mass is 389 g/mol. The first kappa shape index (κ1) is 20.9. The van der Waals surface area contributed by atoms with Gasteiger partial charge < -0.3 is 65.5 Å². The van der Waals surface area contributed by atoms with Crippen molar-refractivity contribution >= 4 is 21.4 Å². The van der Waals surface area contributed by atoms with Gasteiger partial charge in [-0.05, 0) is 24.3 Å². The molecule has 0 fully saturated rings. The van der Waals surface area contributed by atoms with Gasteiger partial charge in [0.1, 0.15) is 9.84 Å². The third-order valence-corrected chi connectivity index (χ3v) is 4.37. The Balaban J connectivity index is 0.000000448. The van der Waals surface area contributed by atoms with Crippen molar-refractivity contribution in [3.8, 4) is 0 Å². The normalized spacial score (nSPS) is 10.1. The van der Waals surface area contributed by atoms with Crippen molar-refractivity contribution in [2.45, 2.75) is 17.6 Å². The van der Waals surface area contributed by atoms with Crippen LogP contribution >= 0.6 is 0 Å². The predicted octanol–water partition coefficient (Wildman–Crippen LogP) is 2.14. The Morgan fingerprint density at radius 3 is 2.08 bits per heavy atom. The van der Waals surface area contributed by atoms with Crippen LogP contribution in [-0.2, 0) is 37.5 Å². The maximum absolute atomic E-state index is 12.1. The molecular weight excluding hydrogens is 378 g/mol. The molecular formula is C19H11FeNO3S-10. The maximum Gasteiger partial charge on any atom is 0.221 e. The maximum atomic E-state index is 12.1. The van der Waals surface area contributed by atoms with Crippen molar-refractivity contribution in [3.63, 3.8) is 0 Å². The average molecular weight is 389 g/mol. The fourth-order valence-corrected chi connectivity index (χ4v) is 2.96. The number of nitrogens with one attached hydrogen (secondary N) is 1. The minimum Gasteiger partial charge on any atom is -0.999 e. The zero-order valence-electron chi connectivity index (χ0n) is 13.1. The summed E-state index contributed by atoms with van der Waals surface area (Å²) in [4.78, 5) is 11.0. The van der Waals surface area contributed by atoms with Crippen LogP contribution in [0.4, 0.5) is 5.69 Å². The molecule has 0 aliphatic carbocycles. The number of hydrogen-bond donors (Lipinski definition) is 1. The molecule has 1 N–H and O–H groups in total. The fraction of sp³-hybridized carbons (Fsp3) is 0.105. The Morgan fingerprint density at radius 1 is 1.08 bits per heavy atom. The van der Waals surface area contributed by atoms with E-state index in [0.717, 1.165) is 0 Å². The van der Waals surface area contributed by atoms with Gasteiger partial charge in [0.05, 0.1) is 4.90 Å². The van der Waals surface area contributed by atoms with Crippen LogP contribution in [0.15, 0.2) is 35.2 Å². The summed E-state index contributed by atoms with van der Waals surface area (Å²) in [5, 5.41) is 2.57. The van der Waals surface area contributed by atoms with E-state index in [0.29, 0.717) is 11.3 Å². The number of benzene rings is 1. The summed E-state index contributed by atoms with van der Waals surface area (Å²) in [6.45, 7) is 1.39. The summed E-state index contributed by atoms with van der Waals surface area (Å²) >= 11 is 0. The van der Waals surface area contributed by atoms with Gasteiger partial charge in [0.25, 0.3) is 0 Å². The summed E-state index contributed by atoms with van der Waals surface area (Å²) < 4.78 is 24.2. The summed E-state index contributed by atoms with van der Waals surface area (Å²) in [5.74, 6) is -0.394. The van der Waals surface area contributed by atoms with Gasteiger partial charge >= 0.3 is 0 Å². The van der Waals surface area contributed by atoms with E-state index in [1.165, 1.54) is 19.1 Å². The Labute approximate surface area is 159 Å². The molecule has 0 aliphatic rings. The van der Waals surface area contributed by atoms with Crippen LogP contribution < -0.4 is 5.32 Å². The van der Waals surface area contributed by atoms with Crippen LogP contribution in [0.3, 0.4) is 0 Å².